The fraction of sp³-hybridized carbons (Fsp3) is 0.875. The molecule has 3 heteroatoms. The van der Waals surface area contributed by atoms with E-state index in [0.29, 0.717) is 13.0 Å². The van der Waals surface area contributed by atoms with Crippen LogP contribution in [0, 0.1) is 5.41 Å². The molecule has 0 bridgehead atoms. The fourth-order valence-electron chi connectivity index (χ4n) is 0.793. The number of carbonyl (C=O) groups excluding carboxylic acids is 1. The highest BCUT2D eigenvalue weighted by molar-refractivity contribution is 5.81. The van der Waals surface area contributed by atoms with E-state index in [1.54, 1.807) is 0 Å². The molecule has 66 valence electrons. The van der Waals surface area contributed by atoms with Gasteiger partial charge in [0.25, 0.3) is 0 Å². The Morgan fingerprint density at radius 3 is 2.45 bits per heavy atom. The van der Waals surface area contributed by atoms with Gasteiger partial charge >= 0.3 is 0 Å². The van der Waals surface area contributed by atoms with Gasteiger partial charge in [-0.2, -0.15) is 0 Å². The molecule has 0 saturated carbocycles. The molecule has 0 aliphatic rings. The summed E-state index contributed by atoms with van der Waals surface area (Å²) in [4.78, 5) is 11.2. The molecule has 0 atom stereocenters. The number of aliphatic hydroxyl groups excluding tert-OH is 1. The fourth-order valence-corrected chi connectivity index (χ4v) is 0.793. The van der Waals surface area contributed by atoms with Crippen LogP contribution in [0.2, 0.25) is 0 Å². The Hall–Kier alpha value is -0.570. The topological polar surface area (TPSA) is 49.3 Å². The van der Waals surface area contributed by atoms with E-state index in [-0.39, 0.29) is 12.5 Å². The molecule has 0 heterocycles. The summed E-state index contributed by atoms with van der Waals surface area (Å²) in [6, 6.07) is 0. The molecular weight excluding hydrogens is 142 g/mol. The third kappa shape index (κ3) is 3.37. The lowest BCUT2D eigenvalue weighted by Crippen LogP contribution is -2.37. The van der Waals surface area contributed by atoms with Crippen LogP contribution in [0.25, 0.3) is 0 Å². The van der Waals surface area contributed by atoms with Crippen LogP contribution in [0.1, 0.15) is 27.2 Å². The van der Waals surface area contributed by atoms with Gasteiger partial charge in [0, 0.05) is 18.6 Å². The Morgan fingerprint density at radius 1 is 1.55 bits per heavy atom. The third-order valence-electron chi connectivity index (χ3n) is 1.69. The maximum absolute atomic E-state index is 11.2. The Labute approximate surface area is 67.8 Å². The number of carbonyl (C=O) groups is 1. The van der Waals surface area contributed by atoms with Crippen molar-refractivity contribution in [2.75, 3.05) is 13.2 Å². The predicted molar refractivity (Wildman–Crippen MR) is 44.2 cm³/mol. The van der Waals surface area contributed by atoms with Gasteiger partial charge in [0.1, 0.15) is 0 Å². The molecule has 0 fully saturated rings. The van der Waals surface area contributed by atoms with Crippen LogP contribution in [0.15, 0.2) is 0 Å². The number of nitrogens with one attached hydrogen (secondary N) is 1. The minimum atomic E-state index is -0.440. The zero-order valence-electron chi connectivity index (χ0n) is 7.48. The second-order valence-corrected chi connectivity index (χ2v) is 3.22. The lowest BCUT2D eigenvalue weighted by Gasteiger charge is -2.21. The molecule has 0 aliphatic carbocycles. The van der Waals surface area contributed by atoms with Gasteiger partial charge in [-0.15, -0.1) is 0 Å². The van der Waals surface area contributed by atoms with Crippen molar-refractivity contribution in [2.24, 2.45) is 5.41 Å². The van der Waals surface area contributed by atoms with Gasteiger partial charge in [0.15, 0.2) is 0 Å². The Balaban J connectivity index is 3.94. The van der Waals surface area contributed by atoms with E-state index in [2.05, 4.69) is 5.32 Å². The first kappa shape index (κ1) is 10.4. The van der Waals surface area contributed by atoms with Crippen molar-refractivity contribution in [3.8, 4) is 0 Å². The Bertz CT molecular complexity index is 132. The summed E-state index contributed by atoms with van der Waals surface area (Å²) >= 11 is 0. The van der Waals surface area contributed by atoms with E-state index in [0.717, 1.165) is 0 Å². The Kier molecular flexibility index (Phi) is 4.11. The van der Waals surface area contributed by atoms with E-state index in [9.17, 15) is 4.79 Å². The van der Waals surface area contributed by atoms with E-state index in [1.807, 2.05) is 20.8 Å². The first-order valence-corrected chi connectivity index (χ1v) is 3.93. The molecule has 3 nitrogen and oxygen atoms in total. The number of rotatable bonds is 4. The van der Waals surface area contributed by atoms with Crippen LogP contribution in [0.5, 0.6) is 0 Å². The molecule has 0 aromatic heterocycles. The molecule has 0 aromatic rings. The van der Waals surface area contributed by atoms with Crippen molar-refractivity contribution in [3.63, 3.8) is 0 Å². The molecule has 0 radical (unpaired) electrons. The molecule has 0 saturated heterocycles. The smallest absolute Gasteiger partial charge is 0.225 e. The first-order chi connectivity index (χ1) is 5.04. The van der Waals surface area contributed by atoms with Crippen LogP contribution < -0.4 is 5.32 Å². The highest BCUT2D eigenvalue weighted by Gasteiger charge is 2.25. The van der Waals surface area contributed by atoms with Gasteiger partial charge in [-0.3, -0.25) is 4.79 Å². The van der Waals surface area contributed by atoms with Gasteiger partial charge in [-0.1, -0.05) is 13.8 Å². The highest BCUT2D eigenvalue weighted by atomic mass is 16.3. The quantitative estimate of drug-likeness (QED) is 0.628. The van der Waals surface area contributed by atoms with Crippen molar-refractivity contribution >= 4 is 5.91 Å². The molecule has 0 spiro atoms. The summed E-state index contributed by atoms with van der Waals surface area (Å²) in [6.07, 6.45) is 0.513. The molecule has 0 unspecified atom stereocenters. The second-order valence-electron chi connectivity index (χ2n) is 3.22. The zero-order chi connectivity index (χ0) is 8.91. The average molecular weight is 159 g/mol. The summed E-state index contributed by atoms with van der Waals surface area (Å²) in [6.45, 7) is 6.24. The number of hydrogen-bond donors (Lipinski definition) is 2. The second kappa shape index (κ2) is 4.34. The van der Waals surface area contributed by atoms with Gasteiger partial charge in [-0.05, 0) is 13.3 Å². The van der Waals surface area contributed by atoms with Crippen LogP contribution in [0.4, 0.5) is 0 Å². The first-order valence-electron chi connectivity index (χ1n) is 3.93. The summed E-state index contributed by atoms with van der Waals surface area (Å²) in [5.41, 5.74) is -0.440. The third-order valence-corrected chi connectivity index (χ3v) is 1.69. The molecule has 11 heavy (non-hydrogen) atoms. The summed E-state index contributed by atoms with van der Waals surface area (Å²) in [7, 11) is 0. The minimum Gasteiger partial charge on any atom is -0.396 e. The van der Waals surface area contributed by atoms with Crippen molar-refractivity contribution in [3.05, 3.63) is 0 Å². The molecular formula is C8H17NO2. The van der Waals surface area contributed by atoms with Gasteiger partial charge in [0.2, 0.25) is 5.91 Å². The average Bonchev–Trinajstić information content (AvgIpc) is 1.88. The van der Waals surface area contributed by atoms with Crippen LogP contribution in [0.3, 0.4) is 0 Å². The van der Waals surface area contributed by atoms with Crippen molar-refractivity contribution in [2.45, 2.75) is 27.2 Å². The largest absolute Gasteiger partial charge is 0.396 e. The predicted octanol–water partition coefficient (Wildman–Crippen LogP) is 0.531. The van der Waals surface area contributed by atoms with Crippen LogP contribution >= 0.6 is 0 Å². The molecule has 2 N–H and O–H groups in total. The van der Waals surface area contributed by atoms with E-state index in [1.165, 1.54) is 0 Å². The van der Waals surface area contributed by atoms with Crippen molar-refractivity contribution < 1.29 is 9.90 Å². The molecule has 0 aromatic carbocycles. The lowest BCUT2D eigenvalue weighted by atomic mass is 9.89. The van der Waals surface area contributed by atoms with Crippen molar-refractivity contribution in [1.29, 1.82) is 0 Å². The zero-order valence-corrected chi connectivity index (χ0v) is 7.48. The van der Waals surface area contributed by atoms with Gasteiger partial charge < -0.3 is 10.4 Å². The normalized spacial score (nSPS) is 11.3. The number of hydrogen-bond acceptors (Lipinski definition) is 2. The summed E-state index contributed by atoms with van der Waals surface area (Å²) in [5, 5.41) is 11.4. The van der Waals surface area contributed by atoms with E-state index < -0.39 is 5.41 Å². The van der Waals surface area contributed by atoms with Crippen LogP contribution in [-0.2, 0) is 4.79 Å². The number of aliphatic hydroxyl groups is 1. The highest BCUT2D eigenvalue weighted by Crippen LogP contribution is 2.19. The van der Waals surface area contributed by atoms with E-state index >= 15 is 0 Å². The molecule has 0 aliphatic heterocycles. The monoisotopic (exact) mass is 159 g/mol. The maximum atomic E-state index is 11.2. The maximum Gasteiger partial charge on any atom is 0.225 e. The van der Waals surface area contributed by atoms with Crippen molar-refractivity contribution in [1.82, 2.24) is 5.32 Å². The summed E-state index contributed by atoms with van der Waals surface area (Å²) in [5.74, 6) is 0.00838. The van der Waals surface area contributed by atoms with Crippen LogP contribution in [-0.4, -0.2) is 24.2 Å². The van der Waals surface area contributed by atoms with Gasteiger partial charge in [-0.25, -0.2) is 0 Å². The van der Waals surface area contributed by atoms with Gasteiger partial charge in [0.05, 0.1) is 0 Å². The molecule has 0 rings (SSSR count). The SMILES string of the molecule is CCNC(=O)C(C)(C)CCO. The Morgan fingerprint density at radius 2 is 2.09 bits per heavy atom. The number of amides is 1. The molecule has 1 amide bonds. The lowest BCUT2D eigenvalue weighted by molar-refractivity contribution is -0.130. The van der Waals surface area contributed by atoms with E-state index in [4.69, 9.17) is 5.11 Å². The summed E-state index contributed by atoms with van der Waals surface area (Å²) < 4.78 is 0. The standard InChI is InChI=1S/C8H17NO2/c1-4-9-7(11)8(2,3)5-6-10/h10H,4-6H2,1-3H3,(H,9,11). The minimum absolute atomic E-state index is 0.00838.